The van der Waals surface area contributed by atoms with Gasteiger partial charge in [-0.05, 0) is 69.2 Å². The first-order chi connectivity index (χ1) is 13.7. The molecule has 0 atom stereocenters. The second kappa shape index (κ2) is 10.1. The third-order valence-corrected chi connectivity index (χ3v) is 4.92. The van der Waals surface area contributed by atoms with Gasteiger partial charge in [0.1, 0.15) is 11.9 Å². The number of nitrogens with zero attached hydrogens (tertiary/aromatic N) is 2. The molecule has 8 nitrogen and oxygen atoms in total. The number of ether oxygens (including phenoxy) is 3. The van der Waals surface area contributed by atoms with Crippen LogP contribution in [0.1, 0.15) is 61.0 Å². The van der Waals surface area contributed by atoms with Crippen LogP contribution in [-0.2, 0) is 4.74 Å². The van der Waals surface area contributed by atoms with Crippen LogP contribution in [0.4, 0.5) is 0 Å². The van der Waals surface area contributed by atoms with Crippen LogP contribution in [-0.4, -0.2) is 47.2 Å². The van der Waals surface area contributed by atoms with E-state index in [1.165, 1.54) is 5.56 Å². The lowest BCUT2D eigenvalue weighted by atomic mass is 9.83. The van der Waals surface area contributed by atoms with E-state index >= 15 is 0 Å². The molecule has 0 aliphatic heterocycles. The van der Waals surface area contributed by atoms with E-state index in [1.54, 1.807) is 6.92 Å². The number of esters is 1. The van der Waals surface area contributed by atoms with Crippen molar-refractivity contribution in [3.8, 4) is 11.6 Å². The number of aromatic nitrogens is 3. The Morgan fingerprint density at radius 3 is 2.64 bits per heavy atom. The van der Waals surface area contributed by atoms with E-state index in [0.29, 0.717) is 25.7 Å². The fraction of sp³-hybridized carbons (Fsp3) is 0.550. The molecule has 1 aromatic carbocycles. The number of aromatic amines is 1. The minimum absolute atomic E-state index is 0.0217. The molecule has 1 aliphatic carbocycles. The van der Waals surface area contributed by atoms with E-state index in [9.17, 15) is 4.79 Å². The lowest BCUT2D eigenvalue weighted by Gasteiger charge is -2.28. The van der Waals surface area contributed by atoms with Crippen LogP contribution in [0.3, 0.4) is 0 Å². The third-order valence-electron chi connectivity index (χ3n) is 4.92. The van der Waals surface area contributed by atoms with E-state index in [-0.39, 0.29) is 17.7 Å². The number of hydrogen-bond donors (Lipinski definition) is 2. The number of carbonyl (C=O) groups excluding carboxylic acids is 1. The van der Waals surface area contributed by atoms with E-state index in [2.05, 4.69) is 27.5 Å². The molecular formula is C20H28N4O4. The van der Waals surface area contributed by atoms with Crippen molar-refractivity contribution in [3.05, 3.63) is 35.5 Å². The molecule has 152 valence electrons. The highest BCUT2D eigenvalue weighted by Crippen LogP contribution is 2.35. The van der Waals surface area contributed by atoms with E-state index in [1.807, 2.05) is 12.1 Å². The fourth-order valence-electron chi connectivity index (χ4n) is 3.42. The molecule has 0 unspecified atom stereocenters. The van der Waals surface area contributed by atoms with Crippen LogP contribution in [0.5, 0.6) is 11.6 Å². The molecule has 0 spiro atoms. The van der Waals surface area contributed by atoms with Gasteiger partial charge in [-0.3, -0.25) is 0 Å². The number of rotatable bonds is 9. The Morgan fingerprint density at radius 2 is 1.96 bits per heavy atom. The summed E-state index contributed by atoms with van der Waals surface area (Å²) in [7, 11) is 0. The van der Waals surface area contributed by atoms with Crippen LogP contribution in [0.15, 0.2) is 24.3 Å². The molecule has 1 aliphatic rings. The minimum atomic E-state index is -0.495. The molecule has 1 heterocycles. The second-order valence-electron chi connectivity index (χ2n) is 6.86. The highest BCUT2D eigenvalue weighted by molar-refractivity contribution is 5.89. The van der Waals surface area contributed by atoms with E-state index in [0.717, 1.165) is 37.9 Å². The van der Waals surface area contributed by atoms with Gasteiger partial charge in [-0.2, -0.15) is 0 Å². The number of benzene rings is 1. The Hall–Kier alpha value is -2.61. The van der Waals surface area contributed by atoms with Crippen molar-refractivity contribution in [2.24, 2.45) is 5.73 Å². The number of H-pyrrole nitrogens is 1. The van der Waals surface area contributed by atoms with Gasteiger partial charge in [0.15, 0.2) is 0 Å². The van der Waals surface area contributed by atoms with Crippen LogP contribution in [0.2, 0.25) is 0 Å². The molecule has 0 amide bonds. The van der Waals surface area contributed by atoms with Crippen molar-refractivity contribution >= 4 is 5.97 Å². The fourth-order valence-corrected chi connectivity index (χ4v) is 3.42. The molecule has 1 aromatic heterocycles. The first-order valence-corrected chi connectivity index (χ1v) is 9.89. The standard InChI is InChI=1S/C20H28N4O4/c1-2-26-20(25)18-19(23-24-22-18)28-17-10-6-15(7-11-17)14-4-8-16(9-5-14)27-13-3-12-21/h4-5,8-9,15,17H,2-3,6-7,10-13,21H2,1H3,(H,22,23,24)/t15-,17-. The van der Waals surface area contributed by atoms with E-state index < -0.39 is 5.97 Å². The Balaban J connectivity index is 1.50. The molecular weight excluding hydrogens is 360 g/mol. The molecule has 1 fully saturated rings. The molecule has 0 saturated heterocycles. The zero-order valence-electron chi connectivity index (χ0n) is 16.2. The summed E-state index contributed by atoms with van der Waals surface area (Å²) < 4.78 is 16.6. The van der Waals surface area contributed by atoms with Gasteiger partial charge in [-0.1, -0.05) is 22.4 Å². The SMILES string of the molecule is CCOC(=O)c1[nH]nnc1O[C@H]1CC[C@H](c2ccc(OCCCN)cc2)CC1. The molecule has 2 aromatic rings. The van der Waals surface area contributed by atoms with Crippen molar-refractivity contribution in [3.63, 3.8) is 0 Å². The van der Waals surface area contributed by atoms with Crippen molar-refractivity contribution in [1.82, 2.24) is 15.4 Å². The Bertz CT molecular complexity index is 739. The predicted octanol–water partition coefficient (Wildman–Crippen LogP) is 2.81. The Kier molecular flexibility index (Phi) is 7.25. The van der Waals surface area contributed by atoms with Crippen molar-refractivity contribution in [2.45, 2.75) is 51.0 Å². The number of nitrogens with two attached hydrogens (primary N) is 1. The first kappa shape index (κ1) is 20.1. The van der Waals surface area contributed by atoms with Gasteiger partial charge in [0, 0.05) is 0 Å². The minimum Gasteiger partial charge on any atom is -0.494 e. The molecule has 3 rings (SSSR count). The van der Waals surface area contributed by atoms with Crippen molar-refractivity contribution in [2.75, 3.05) is 19.8 Å². The van der Waals surface area contributed by atoms with Gasteiger partial charge in [0.25, 0.3) is 5.88 Å². The summed E-state index contributed by atoms with van der Waals surface area (Å²) in [5.41, 5.74) is 6.98. The normalized spacial score (nSPS) is 19.2. The molecule has 8 heteroatoms. The molecule has 0 bridgehead atoms. The second-order valence-corrected chi connectivity index (χ2v) is 6.86. The summed E-state index contributed by atoms with van der Waals surface area (Å²) in [4.78, 5) is 11.9. The van der Waals surface area contributed by atoms with Gasteiger partial charge in [-0.25, -0.2) is 9.89 Å². The van der Waals surface area contributed by atoms with Crippen LogP contribution in [0.25, 0.3) is 0 Å². The monoisotopic (exact) mass is 388 g/mol. The zero-order valence-corrected chi connectivity index (χ0v) is 16.2. The number of hydrogen-bond acceptors (Lipinski definition) is 7. The average Bonchev–Trinajstić information content (AvgIpc) is 3.18. The highest BCUT2D eigenvalue weighted by Gasteiger charge is 2.27. The number of carbonyl (C=O) groups is 1. The maximum Gasteiger partial charge on any atom is 0.362 e. The molecule has 28 heavy (non-hydrogen) atoms. The Morgan fingerprint density at radius 1 is 1.21 bits per heavy atom. The van der Waals surface area contributed by atoms with Gasteiger partial charge < -0.3 is 19.9 Å². The summed E-state index contributed by atoms with van der Waals surface area (Å²) in [6.07, 6.45) is 4.71. The first-order valence-electron chi connectivity index (χ1n) is 9.89. The van der Waals surface area contributed by atoms with E-state index in [4.69, 9.17) is 19.9 Å². The quantitative estimate of drug-likeness (QED) is 0.502. The third kappa shape index (κ3) is 5.22. The van der Waals surface area contributed by atoms with Gasteiger partial charge >= 0.3 is 5.97 Å². The molecule has 0 radical (unpaired) electrons. The summed E-state index contributed by atoms with van der Waals surface area (Å²) in [6.45, 7) is 3.33. The lowest BCUT2D eigenvalue weighted by Crippen LogP contribution is -2.24. The van der Waals surface area contributed by atoms with Crippen LogP contribution < -0.4 is 15.2 Å². The largest absolute Gasteiger partial charge is 0.494 e. The maximum atomic E-state index is 11.9. The van der Waals surface area contributed by atoms with Crippen molar-refractivity contribution in [1.29, 1.82) is 0 Å². The topological polar surface area (TPSA) is 112 Å². The highest BCUT2D eigenvalue weighted by atomic mass is 16.5. The summed E-state index contributed by atoms with van der Waals surface area (Å²) >= 11 is 0. The smallest absolute Gasteiger partial charge is 0.362 e. The molecule has 1 saturated carbocycles. The zero-order chi connectivity index (χ0) is 19.8. The Labute approximate surface area is 164 Å². The predicted molar refractivity (Wildman–Crippen MR) is 104 cm³/mol. The average molecular weight is 388 g/mol. The summed E-state index contributed by atoms with van der Waals surface area (Å²) in [5.74, 6) is 1.11. The summed E-state index contributed by atoms with van der Waals surface area (Å²) in [5, 5.41) is 10.1. The lowest BCUT2D eigenvalue weighted by molar-refractivity contribution is 0.0508. The van der Waals surface area contributed by atoms with Gasteiger partial charge in [0.05, 0.1) is 13.2 Å². The maximum absolute atomic E-state index is 11.9. The molecule has 3 N–H and O–H groups in total. The summed E-state index contributed by atoms with van der Waals surface area (Å²) in [6, 6.07) is 8.32. The number of nitrogens with one attached hydrogen (secondary N) is 1. The van der Waals surface area contributed by atoms with Gasteiger partial charge in [0.2, 0.25) is 5.69 Å². The van der Waals surface area contributed by atoms with Crippen LogP contribution >= 0.6 is 0 Å². The van der Waals surface area contributed by atoms with Crippen LogP contribution in [0, 0.1) is 0 Å². The van der Waals surface area contributed by atoms with Gasteiger partial charge in [-0.15, -0.1) is 0 Å². The van der Waals surface area contributed by atoms with Crippen molar-refractivity contribution < 1.29 is 19.0 Å².